The first-order valence-electron chi connectivity index (χ1n) is 13.3. The van der Waals surface area contributed by atoms with Crippen molar-refractivity contribution in [2.24, 2.45) is 0 Å². The first-order valence-corrected chi connectivity index (χ1v) is 13.6. The molecule has 1 saturated heterocycles. The topological polar surface area (TPSA) is 66.5 Å². The van der Waals surface area contributed by atoms with E-state index in [1.165, 1.54) is 0 Å². The van der Waals surface area contributed by atoms with Crippen molar-refractivity contribution >= 4 is 17.5 Å². The van der Waals surface area contributed by atoms with E-state index in [0.717, 1.165) is 39.6 Å². The highest BCUT2D eigenvalue weighted by Crippen LogP contribution is 2.25. The van der Waals surface area contributed by atoms with Gasteiger partial charge in [-0.3, -0.25) is 14.7 Å². The molecule has 7 heteroatoms. The maximum atomic E-state index is 13.3. The van der Waals surface area contributed by atoms with Gasteiger partial charge >= 0.3 is 0 Å². The number of carbonyl (C=O) groups is 1. The zero-order chi connectivity index (χ0) is 26.9. The van der Waals surface area contributed by atoms with E-state index in [0.29, 0.717) is 32.7 Å². The molecule has 0 radical (unpaired) electrons. The van der Waals surface area contributed by atoms with Crippen LogP contribution in [-0.2, 0) is 31.0 Å². The Bertz CT molecular complexity index is 1350. The fourth-order valence-corrected chi connectivity index (χ4v) is 5.10. The first kappa shape index (κ1) is 26.9. The number of benzene rings is 3. The average molecular weight is 541 g/mol. The van der Waals surface area contributed by atoms with Crippen LogP contribution < -0.4 is 15.4 Å². The van der Waals surface area contributed by atoms with Crippen LogP contribution in [0.4, 0.5) is 0 Å². The Morgan fingerprint density at radius 1 is 0.923 bits per heavy atom. The fraction of sp³-hybridized carbons (Fsp3) is 0.250. The van der Waals surface area contributed by atoms with Gasteiger partial charge in [-0.2, -0.15) is 0 Å². The summed E-state index contributed by atoms with van der Waals surface area (Å²) in [5.41, 5.74) is 4.28. The monoisotopic (exact) mass is 540 g/mol. The lowest BCUT2D eigenvalue weighted by atomic mass is 10.1. The van der Waals surface area contributed by atoms with Crippen LogP contribution in [-0.4, -0.2) is 34.4 Å². The number of likely N-dealkylation sites (tertiary alicyclic amines) is 1. The molecule has 1 aromatic heterocycles. The van der Waals surface area contributed by atoms with Gasteiger partial charge in [0.05, 0.1) is 6.04 Å². The Labute approximate surface area is 235 Å². The van der Waals surface area contributed by atoms with Crippen LogP contribution in [0.2, 0.25) is 5.02 Å². The minimum Gasteiger partial charge on any atom is -0.489 e. The van der Waals surface area contributed by atoms with Crippen LogP contribution in [0, 0.1) is 0 Å². The van der Waals surface area contributed by atoms with E-state index in [1.54, 1.807) is 12.4 Å². The van der Waals surface area contributed by atoms with Crippen molar-refractivity contribution in [3.8, 4) is 5.75 Å². The first-order chi connectivity index (χ1) is 19.1. The van der Waals surface area contributed by atoms with Crippen molar-refractivity contribution in [2.45, 2.75) is 44.7 Å². The highest BCUT2D eigenvalue weighted by Gasteiger charge is 2.36. The smallest absolute Gasteiger partial charge is 0.237 e. The highest BCUT2D eigenvalue weighted by molar-refractivity contribution is 6.31. The van der Waals surface area contributed by atoms with Crippen molar-refractivity contribution in [1.29, 1.82) is 0 Å². The predicted octanol–water partition coefficient (Wildman–Crippen LogP) is 5.36. The van der Waals surface area contributed by atoms with Crippen LogP contribution in [0.3, 0.4) is 0 Å². The number of pyridine rings is 1. The number of amides is 1. The molecular weight excluding hydrogens is 508 g/mol. The summed E-state index contributed by atoms with van der Waals surface area (Å²) in [7, 11) is 0. The normalized spacial score (nSPS) is 17.2. The molecule has 0 aliphatic carbocycles. The predicted molar refractivity (Wildman–Crippen MR) is 154 cm³/mol. The molecule has 0 bridgehead atoms. The molecule has 2 N–H and O–H groups in total. The second-order valence-corrected chi connectivity index (χ2v) is 10.3. The number of ether oxygens (including phenoxy) is 1. The molecule has 2 heterocycles. The number of hydrogen-bond acceptors (Lipinski definition) is 5. The van der Waals surface area contributed by atoms with Crippen LogP contribution in [0.15, 0.2) is 103 Å². The van der Waals surface area contributed by atoms with Gasteiger partial charge in [0, 0.05) is 49.6 Å². The molecule has 200 valence electrons. The second-order valence-electron chi connectivity index (χ2n) is 9.85. The molecule has 0 saturated carbocycles. The molecule has 6 nitrogen and oxygen atoms in total. The lowest BCUT2D eigenvalue weighted by Crippen LogP contribution is -2.42. The van der Waals surface area contributed by atoms with Gasteiger partial charge in [0.15, 0.2) is 0 Å². The van der Waals surface area contributed by atoms with Gasteiger partial charge in [-0.25, -0.2) is 0 Å². The van der Waals surface area contributed by atoms with E-state index in [4.69, 9.17) is 16.3 Å². The maximum absolute atomic E-state index is 13.3. The van der Waals surface area contributed by atoms with E-state index < -0.39 is 0 Å². The van der Waals surface area contributed by atoms with Crippen molar-refractivity contribution in [1.82, 2.24) is 20.5 Å². The molecule has 0 spiro atoms. The molecule has 3 aromatic carbocycles. The minimum atomic E-state index is -0.254. The molecule has 4 aromatic rings. The SMILES string of the molecule is O=C(NCc1cccnc1)[C@@H]1C[C@H](NCc2cccc(OCc3ccccc3)c2)CN1Cc1ccccc1Cl. The van der Waals surface area contributed by atoms with E-state index in [1.807, 2.05) is 66.7 Å². The van der Waals surface area contributed by atoms with Gasteiger partial charge in [-0.15, -0.1) is 0 Å². The van der Waals surface area contributed by atoms with E-state index in [2.05, 4.69) is 44.8 Å². The molecule has 1 aliphatic heterocycles. The Balaban J connectivity index is 1.21. The zero-order valence-electron chi connectivity index (χ0n) is 21.8. The number of carbonyl (C=O) groups excluding carboxylic acids is 1. The number of nitrogens with one attached hydrogen (secondary N) is 2. The Hall–Kier alpha value is -3.71. The summed E-state index contributed by atoms with van der Waals surface area (Å²) in [6, 6.07) is 29.9. The quantitative estimate of drug-likeness (QED) is 0.268. The second kappa shape index (κ2) is 13.4. The standard InChI is InChI=1S/C32H33ClN4O2/c33-30-14-5-4-12-27(30)21-37-22-28(17-31(37)32(38)36-20-26-11-7-15-34-18-26)35-19-25-10-6-13-29(16-25)39-23-24-8-2-1-3-9-24/h1-16,18,28,31,35H,17,19-23H2,(H,36,38)/t28-,31-/m0/s1. The molecule has 0 unspecified atom stereocenters. The van der Waals surface area contributed by atoms with Crippen molar-refractivity contribution in [3.63, 3.8) is 0 Å². The maximum Gasteiger partial charge on any atom is 0.237 e. The van der Waals surface area contributed by atoms with Gasteiger partial charge in [0.1, 0.15) is 12.4 Å². The molecule has 5 rings (SSSR count). The average Bonchev–Trinajstić information content (AvgIpc) is 3.39. The summed E-state index contributed by atoms with van der Waals surface area (Å²) < 4.78 is 6.01. The Morgan fingerprint density at radius 3 is 2.54 bits per heavy atom. The zero-order valence-corrected chi connectivity index (χ0v) is 22.6. The summed E-state index contributed by atoms with van der Waals surface area (Å²) in [6.07, 6.45) is 4.22. The summed E-state index contributed by atoms with van der Waals surface area (Å²) >= 11 is 6.47. The Kier molecular flexibility index (Phi) is 9.22. The van der Waals surface area contributed by atoms with Crippen LogP contribution >= 0.6 is 11.6 Å². The summed E-state index contributed by atoms with van der Waals surface area (Å²) in [6.45, 7) is 3.05. The molecule has 1 aliphatic rings. The Morgan fingerprint density at radius 2 is 1.72 bits per heavy atom. The van der Waals surface area contributed by atoms with Crippen molar-refractivity contribution in [3.05, 3.63) is 131 Å². The van der Waals surface area contributed by atoms with Crippen molar-refractivity contribution < 1.29 is 9.53 Å². The van der Waals surface area contributed by atoms with Gasteiger partial charge in [0.25, 0.3) is 0 Å². The molecule has 1 fully saturated rings. The largest absolute Gasteiger partial charge is 0.489 e. The summed E-state index contributed by atoms with van der Waals surface area (Å²) in [5, 5.41) is 7.49. The third-order valence-corrected chi connectivity index (χ3v) is 7.34. The van der Waals surface area contributed by atoms with Crippen LogP contribution in [0.5, 0.6) is 5.75 Å². The van der Waals surface area contributed by atoms with Gasteiger partial charge in [-0.1, -0.05) is 78.3 Å². The fourth-order valence-electron chi connectivity index (χ4n) is 4.90. The molecule has 39 heavy (non-hydrogen) atoms. The lowest BCUT2D eigenvalue weighted by Gasteiger charge is -2.24. The lowest BCUT2D eigenvalue weighted by molar-refractivity contribution is -0.125. The van der Waals surface area contributed by atoms with E-state index in [-0.39, 0.29) is 18.0 Å². The van der Waals surface area contributed by atoms with Gasteiger partial charge in [0.2, 0.25) is 5.91 Å². The minimum absolute atomic E-state index is 0.0199. The third-order valence-electron chi connectivity index (χ3n) is 6.97. The number of rotatable bonds is 11. The van der Waals surface area contributed by atoms with Crippen LogP contribution in [0.1, 0.15) is 28.7 Å². The number of halogens is 1. The molecular formula is C32H33ClN4O2. The molecule has 1 amide bonds. The number of hydrogen-bond donors (Lipinski definition) is 2. The van der Waals surface area contributed by atoms with Gasteiger partial charge < -0.3 is 15.4 Å². The summed E-state index contributed by atoms with van der Waals surface area (Å²) in [4.78, 5) is 19.7. The number of aromatic nitrogens is 1. The number of nitrogens with zero attached hydrogens (tertiary/aromatic N) is 2. The van der Waals surface area contributed by atoms with Crippen molar-refractivity contribution in [2.75, 3.05) is 6.54 Å². The molecule has 2 atom stereocenters. The highest BCUT2D eigenvalue weighted by atomic mass is 35.5. The third kappa shape index (κ3) is 7.67. The van der Waals surface area contributed by atoms with E-state index >= 15 is 0 Å². The summed E-state index contributed by atoms with van der Waals surface area (Å²) in [5.74, 6) is 0.865. The van der Waals surface area contributed by atoms with Gasteiger partial charge in [-0.05, 0) is 52.9 Å². The van der Waals surface area contributed by atoms with E-state index in [9.17, 15) is 4.79 Å². The van der Waals surface area contributed by atoms with Crippen LogP contribution in [0.25, 0.3) is 0 Å².